The van der Waals surface area contributed by atoms with E-state index in [1.54, 1.807) is 16.8 Å². The number of hydrogen-bond donors (Lipinski definition) is 1. The topological polar surface area (TPSA) is 51.1 Å². The number of benzene rings is 2. The van der Waals surface area contributed by atoms with Gasteiger partial charge in [-0.2, -0.15) is 0 Å². The second-order valence-electron chi connectivity index (χ2n) is 6.62. The average molecular weight is 360 g/mol. The van der Waals surface area contributed by atoms with Gasteiger partial charge in [-0.3, -0.25) is 9.59 Å². The number of aryl methyl sites for hydroxylation is 1. The van der Waals surface area contributed by atoms with Gasteiger partial charge < -0.3 is 9.88 Å². The van der Waals surface area contributed by atoms with Crippen LogP contribution in [-0.2, 0) is 13.0 Å². The van der Waals surface area contributed by atoms with Crippen molar-refractivity contribution < 1.29 is 4.79 Å². The summed E-state index contributed by atoms with van der Waals surface area (Å²) in [5, 5.41) is 2.90. The van der Waals surface area contributed by atoms with Crippen LogP contribution in [0.2, 0.25) is 0 Å². The second-order valence-corrected chi connectivity index (χ2v) is 6.62. The van der Waals surface area contributed by atoms with Gasteiger partial charge in [0.1, 0.15) is 0 Å². The molecular weight excluding hydrogens is 336 g/mol. The van der Waals surface area contributed by atoms with E-state index in [2.05, 4.69) is 12.2 Å². The van der Waals surface area contributed by atoms with E-state index in [1.807, 2.05) is 54.6 Å². The molecule has 1 aromatic heterocycles. The minimum absolute atomic E-state index is 0.129. The minimum atomic E-state index is -0.224. The third-order valence-corrected chi connectivity index (χ3v) is 4.47. The Bertz CT molecular complexity index is 944. The van der Waals surface area contributed by atoms with Gasteiger partial charge in [0.05, 0.1) is 12.1 Å². The molecule has 0 aliphatic rings. The molecule has 1 N–H and O–H groups in total. The number of hydrogen-bond acceptors (Lipinski definition) is 2. The van der Waals surface area contributed by atoms with Crippen LogP contribution in [0.25, 0.3) is 0 Å². The molecule has 1 heterocycles. The normalized spacial score (nSPS) is 10.6. The highest BCUT2D eigenvalue weighted by Gasteiger charge is 2.09. The molecule has 2 aromatic carbocycles. The first kappa shape index (κ1) is 18.6. The molecule has 4 heteroatoms. The van der Waals surface area contributed by atoms with Gasteiger partial charge in [-0.15, -0.1) is 0 Å². The summed E-state index contributed by atoms with van der Waals surface area (Å²) in [7, 11) is 0. The Morgan fingerprint density at radius 1 is 0.926 bits per heavy atom. The molecule has 0 saturated carbocycles. The molecule has 0 bridgehead atoms. The summed E-state index contributed by atoms with van der Waals surface area (Å²) < 4.78 is 1.55. The van der Waals surface area contributed by atoms with Crippen molar-refractivity contribution >= 4 is 11.6 Å². The molecule has 0 unspecified atom stereocenters. The molecular formula is C23H24N2O2. The van der Waals surface area contributed by atoms with Crippen molar-refractivity contribution in [2.24, 2.45) is 0 Å². The van der Waals surface area contributed by atoms with Crippen LogP contribution < -0.4 is 10.9 Å². The lowest BCUT2D eigenvalue weighted by atomic mass is 10.1. The molecule has 27 heavy (non-hydrogen) atoms. The lowest BCUT2D eigenvalue weighted by Gasteiger charge is -2.10. The summed E-state index contributed by atoms with van der Waals surface area (Å²) in [6, 6.07) is 20.6. The zero-order valence-electron chi connectivity index (χ0n) is 15.5. The maximum atomic E-state index is 12.6. The third-order valence-electron chi connectivity index (χ3n) is 4.47. The number of aromatic nitrogens is 1. The Hall–Kier alpha value is -3.14. The molecule has 0 aliphatic heterocycles. The van der Waals surface area contributed by atoms with Crippen LogP contribution in [-0.4, -0.2) is 10.5 Å². The third kappa shape index (κ3) is 5.17. The number of carbonyl (C=O) groups is 1. The van der Waals surface area contributed by atoms with E-state index in [4.69, 9.17) is 0 Å². The van der Waals surface area contributed by atoms with Crippen LogP contribution in [0, 0.1) is 0 Å². The maximum absolute atomic E-state index is 12.6. The van der Waals surface area contributed by atoms with Crippen LogP contribution in [0.15, 0.2) is 77.7 Å². The first-order valence-electron chi connectivity index (χ1n) is 9.30. The number of rotatable bonds is 7. The van der Waals surface area contributed by atoms with Crippen molar-refractivity contribution in [1.29, 1.82) is 0 Å². The summed E-state index contributed by atoms with van der Waals surface area (Å²) in [5.41, 5.74) is 3.36. The highest BCUT2D eigenvalue weighted by atomic mass is 16.2. The predicted molar refractivity (Wildman–Crippen MR) is 109 cm³/mol. The van der Waals surface area contributed by atoms with E-state index in [1.165, 1.54) is 11.6 Å². The molecule has 138 valence electrons. The van der Waals surface area contributed by atoms with Crippen LogP contribution in [0.4, 0.5) is 5.69 Å². The molecule has 3 rings (SSSR count). The molecule has 0 spiro atoms. The minimum Gasteiger partial charge on any atom is -0.322 e. The standard InChI is InChI=1S/C23H24N2O2/c1-2-3-7-18-10-13-21(14-11-18)24-23(27)20-12-15-22(26)25(17-20)16-19-8-5-4-6-9-19/h4-6,8-15,17H,2-3,7,16H2,1H3,(H,24,27). The van der Waals surface area contributed by atoms with Gasteiger partial charge in [0.15, 0.2) is 0 Å². The van der Waals surface area contributed by atoms with E-state index in [0.29, 0.717) is 12.1 Å². The maximum Gasteiger partial charge on any atom is 0.257 e. The van der Waals surface area contributed by atoms with Gasteiger partial charge in [-0.25, -0.2) is 0 Å². The van der Waals surface area contributed by atoms with Crippen molar-refractivity contribution in [3.8, 4) is 0 Å². The highest BCUT2D eigenvalue weighted by Crippen LogP contribution is 2.13. The Kier molecular flexibility index (Phi) is 6.21. The number of unbranched alkanes of at least 4 members (excludes halogenated alkanes) is 1. The second kappa shape index (κ2) is 8.99. The number of nitrogens with one attached hydrogen (secondary N) is 1. The Labute approximate surface area is 159 Å². The van der Waals surface area contributed by atoms with Gasteiger partial charge in [-0.1, -0.05) is 55.8 Å². The summed E-state index contributed by atoms with van der Waals surface area (Å²) in [6.07, 6.45) is 4.99. The van der Waals surface area contributed by atoms with Crippen molar-refractivity contribution in [2.45, 2.75) is 32.7 Å². The van der Waals surface area contributed by atoms with E-state index in [9.17, 15) is 9.59 Å². The smallest absolute Gasteiger partial charge is 0.257 e. The monoisotopic (exact) mass is 360 g/mol. The van der Waals surface area contributed by atoms with Crippen LogP contribution in [0.5, 0.6) is 0 Å². The summed E-state index contributed by atoms with van der Waals surface area (Å²) in [6.45, 7) is 2.61. The lowest BCUT2D eigenvalue weighted by Crippen LogP contribution is -2.22. The van der Waals surface area contributed by atoms with Crippen molar-refractivity contribution in [3.63, 3.8) is 0 Å². The van der Waals surface area contributed by atoms with E-state index in [0.717, 1.165) is 30.5 Å². The van der Waals surface area contributed by atoms with Gasteiger partial charge in [0.2, 0.25) is 0 Å². The van der Waals surface area contributed by atoms with Crippen LogP contribution >= 0.6 is 0 Å². The molecule has 1 amide bonds. The molecule has 0 radical (unpaired) electrons. The molecule has 0 atom stereocenters. The highest BCUT2D eigenvalue weighted by molar-refractivity contribution is 6.04. The van der Waals surface area contributed by atoms with E-state index >= 15 is 0 Å². The van der Waals surface area contributed by atoms with Gasteiger partial charge in [-0.05, 0) is 42.2 Å². The first-order valence-corrected chi connectivity index (χ1v) is 9.30. The number of carbonyl (C=O) groups excluding carboxylic acids is 1. The summed E-state index contributed by atoms with van der Waals surface area (Å²) in [4.78, 5) is 24.7. The molecule has 3 aromatic rings. The van der Waals surface area contributed by atoms with Crippen LogP contribution in [0.3, 0.4) is 0 Å². The van der Waals surface area contributed by atoms with Crippen molar-refractivity contribution in [1.82, 2.24) is 4.57 Å². The Morgan fingerprint density at radius 2 is 1.67 bits per heavy atom. The number of pyridine rings is 1. The number of anilines is 1. The average Bonchev–Trinajstić information content (AvgIpc) is 2.70. The van der Waals surface area contributed by atoms with E-state index < -0.39 is 0 Å². The van der Waals surface area contributed by atoms with Gasteiger partial charge in [0, 0.05) is 18.0 Å². The van der Waals surface area contributed by atoms with Crippen LogP contribution in [0.1, 0.15) is 41.3 Å². The molecule has 0 aliphatic carbocycles. The number of amides is 1. The molecule has 0 saturated heterocycles. The number of nitrogens with zero attached hydrogens (tertiary/aromatic N) is 1. The summed E-state index contributed by atoms with van der Waals surface area (Å²) >= 11 is 0. The predicted octanol–water partition coefficient (Wildman–Crippen LogP) is 4.49. The fourth-order valence-electron chi connectivity index (χ4n) is 2.91. The van der Waals surface area contributed by atoms with E-state index in [-0.39, 0.29) is 11.5 Å². The zero-order chi connectivity index (χ0) is 19.1. The fourth-order valence-corrected chi connectivity index (χ4v) is 2.91. The molecule has 0 fully saturated rings. The largest absolute Gasteiger partial charge is 0.322 e. The first-order chi connectivity index (χ1) is 13.2. The quantitative estimate of drug-likeness (QED) is 0.675. The SMILES string of the molecule is CCCCc1ccc(NC(=O)c2ccc(=O)n(Cc3ccccc3)c2)cc1. The van der Waals surface area contributed by atoms with Gasteiger partial charge in [0.25, 0.3) is 11.5 Å². The lowest BCUT2D eigenvalue weighted by molar-refractivity contribution is 0.102. The summed E-state index contributed by atoms with van der Waals surface area (Å²) in [5.74, 6) is -0.224. The Balaban J connectivity index is 1.71. The van der Waals surface area contributed by atoms with Gasteiger partial charge >= 0.3 is 0 Å². The zero-order valence-corrected chi connectivity index (χ0v) is 15.5. The van der Waals surface area contributed by atoms with Crippen molar-refractivity contribution in [3.05, 3.63) is 100.0 Å². The Morgan fingerprint density at radius 3 is 2.37 bits per heavy atom. The fraction of sp³-hybridized carbons (Fsp3) is 0.217. The molecule has 4 nitrogen and oxygen atoms in total. The van der Waals surface area contributed by atoms with Crippen molar-refractivity contribution in [2.75, 3.05) is 5.32 Å².